The van der Waals surface area contributed by atoms with Crippen LogP contribution in [0.5, 0.6) is 0 Å². The predicted octanol–water partition coefficient (Wildman–Crippen LogP) is 3.09. The van der Waals surface area contributed by atoms with Crippen LogP contribution in [-0.2, 0) is 4.79 Å². The van der Waals surface area contributed by atoms with E-state index in [1.165, 1.54) is 0 Å². The Morgan fingerprint density at radius 3 is 2.33 bits per heavy atom. The monoisotopic (exact) mass is 322 g/mol. The Bertz CT molecular complexity index is 721. The van der Waals surface area contributed by atoms with Crippen molar-refractivity contribution in [3.05, 3.63) is 60.2 Å². The number of hydrogen-bond donors (Lipinski definition) is 1. The minimum atomic E-state index is -0.504. The van der Waals surface area contributed by atoms with Crippen LogP contribution in [0, 0.1) is 0 Å². The highest BCUT2D eigenvalue weighted by Gasteiger charge is 2.24. The van der Waals surface area contributed by atoms with Crippen LogP contribution in [0.15, 0.2) is 54.6 Å². The SMILES string of the molecule is C[C@H](NC(=O)c1cccc(-c2ccccc2)c1)C(=O)N1CCCC1. The molecular weight excluding hydrogens is 300 g/mol. The molecule has 1 saturated heterocycles. The lowest BCUT2D eigenvalue weighted by molar-refractivity contribution is -0.131. The lowest BCUT2D eigenvalue weighted by Crippen LogP contribution is -2.45. The summed E-state index contributed by atoms with van der Waals surface area (Å²) >= 11 is 0. The van der Waals surface area contributed by atoms with Crippen LogP contribution in [0.25, 0.3) is 11.1 Å². The highest BCUT2D eigenvalue weighted by Crippen LogP contribution is 2.20. The van der Waals surface area contributed by atoms with Crippen LogP contribution in [0.2, 0.25) is 0 Å². The molecule has 3 rings (SSSR count). The molecule has 124 valence electrons. The van der Waals surface area contributed by atoms with Crippen molar-refractivity contribution in [2.75, 3.05) is 13.1 Å². The molecule has 0 spiro atoms. The molecule has 24 heavy (non-hydrogen) atoms. The van der Waals surface area contributed by atoms with Gasteiger partial charge in [0.05, 0.1) is 0 Å². The van der Waals surface area contributed by atoms with Gasteiger partial charge in [-0.25, -0.2) is 0 Å². The number of nitrogens with zero attached hydrogens (tertiary/aromatic N) is 1. The van der Waals surface area contributed by atoms with Gasteiger partial charge >= 0.3 is 0 Å². The van der Waals surface area contributed by atoms with Crippen molar-refractivity contribution < 1.29 is 9.59 Å². The van der Waals surface area contributed by atoms with E-state index in [9.17, 15) is 9.59 Å². The number of likely N-dealkylation sites (tertiary alicyclic amines) is 1. The summed E-state index contributed by atoms with van der Waals surface area (Å²) in [5.41, 5.74) is 2.62. The highest BCUT2D eigenvalue weighted by molar-refractivity contribution is 5.98. The summed E-state index contributed by atoms with van der Waals surface area (Å²) in [4.78, 5) is 26.6. The Labute approximate surface area is 142 Å². The van der Waals surface area contributed by atoms with Gasteiger partial charge in [0.15, 0.2) is 0 Å². The van der Waals surface area contributed by atoms with E-state index in [0.717, 1.165) is 37.1 Å². The molecular formula is C20H22N2O2. The number of hydrogen-bond acceptors (Lipinski definition) is 2. The van der Waals surface area contributed by atoms with Crippen molar-refractivity contribution in [1.29, 1.82) is 0 Å². The summed E-state index contributed by atoms with van der Waals surface area (Å²) in [7, 11) is 0. The van der Waals surface area contributed by atoms with Gasteiger partial charge in [0.1, 0.15) is 6.04 Å². The van der Waals surface area contributed by atoms with Crippen LogP contribution in [0.4, 0.5) is 0 Å². The Morgan fingerprint density at radius 2 is 1.62 bits per heavy atom. The molecule has 0 aromatic heterocycles. The molecule has 1 atom stereocenters. The van der Waals surface area contributed by atoms with Crippen molar-refractivity contribution in [2.24, 2.45) is 0 Å². The standard InChI is InChI=1S/C20H22N2O2/c1-15(20(24)22-12-5-6-13-22)21-19(23)18-11-7-10-17(14-18)16-8-3-2-4-9-16/h2-4,7-11,14-15H,5-6,12-13H2,1H3,(H,21,23)/t15-/m0/s1. The second-order valence-electron chi connectivity index (χ2n) is 6.17. The van der Waals surface area contributed by atoms with Crippen molar-refractivity contribution in [3.8, 4) is 11.1 Å². The van der Waals surface area contributed by atoms with E-state index in [1.807, 2.05) is 53.4 Å². The predicted molar refractivity (Wildman–Crippen MR) is 94.6 cm³/mol. The van der Waals surface area contributed by atoms with Gasteiger partial charge in [0.25, 0.3) is 5.91 Å². The van der Waals surface area contributed by atoms with Gasteiger partial charge in [-0.05, 0) is 43.0 Å². The minimum absolute atomic E-state index is 0.0000592. The molecule has 1 N–H and O–H groups in total. The molecule has 2 amide bonds. The first kappa shape index (κ1) is 16.2. The number of carbonyl (C=O) groups is 2. The fourth-order valence-electron chi connectivity index (χ4n) is 3.02. The highest BCUT2D eigenvalue weighted by atomic mass is 16.2. The molecule has 2 aromatic carbocycles. The van der Waals surface area contributed by atoms with Gasteiger partial charge < -0.3 is 10.2 Å². The van der Waals surface area contributed by atoms with E-state index in [1.54, 1.807) is 13.0 Å². The van der Waals surface area contributed by atoms with Crippen LogP contribution >= 0.6 is 0 Å². The zero-order valence-electron chi connectivity index (χ0n) is 13.9. The van der Waals surface area contributed by atoms with E-state index >= 15 is 0 Å². The molecule has 4 heteroatoms. The maximum Gasteiger partial charge on any atom is 0.251 e. The van der Waals surface area contributed by atoms with Gasteiger partial charge in [0, 0.05) is 18.7 Å². The van der Waals surface area contributed by atoms with Gasteiger partial charge in [0.2, 0.25) is 5.91 Å². The second kappa shape index (κ2) is 7.30. The minimum Gasteiger partial charge on any atom is -0.341 e. The Hall–Kier alpha value is -2.62. The lowest BCUT2D eigenvalue weighted by Gasteiger charge is -2.21. The summed E-state index contributed by atoms with van der Waals surface area (Å²) in [6.45, 7) is 3.34. The maximum atomic E-state index is 12.5. The zero-order chi connectivity index (χ0) is 16.9. The van der Waals surface area contributed by atoms with Crippen molar-refractivity contribution in [1.82, 2.24) is 10.2 Å². The smallest absolute Gasteiger partial charge is 0.251 e. The number of amides is 2. The fraction of sp³-hybridized carbons (Fsp3) is 0.300. The molecule has 1 heterocycles. The van der Waals surface area contributed by atoms with Crippen LogP contribution in [0.3, 0.4) is 0 Å². The molecule has 4 nitrogen and oxygen atoms in total. The summed E-state index contributed by atoms with van der Waals surface area (Å²) in [5.74, 6) is -0.215. The van der Waals surface area contributed by atoms with Crippen molar-refractivity contribution >= 4 is 11.8 Å². The van der Waals surface area contributed by atoms with Gasteiger partial charge in [-0.1, -0.05) is 42.5 Å². The molecule has 0 unspecified atom stereocenters. The van der Waals surface area contributed by atoms with E-state index < -0.39 is 6.04 Å². The first-order valence-corrected chi connectivity index (χ1v) is 8.40. The lowest BCUT2D eigenvalue weighted by atomic mass is 10.0. The van der Waals surface area contributed by atoms with E-state index in [4.69, 9.17) is 0 Å². The average molecular weight is 322 g/mol. The molecule has 0 radical (unpaired) electrons. The Morgan fingerprint density at radius 1 is 0.958 bits per heavy atom. The number of nitrogens with one attached hydrogen (secondary N) is 1. The first-order valence-electron chi connectivity index (χ1n) is 8.40. The molecule has 0 saturated carbocycles. The largest absolute Gasteiger partial charge is 0.341 e. The van der Waals surface area contributed by atoms with Gasteiger partial charge in [-0.3, -0.25) is 9.59 Å². The quantitative estimate of drug-likeness (QED) is 0.940. The number of rotatable bonds is 4. The first-order chi connectivity index (χ1) is 11.6. The van der Waals surface area contributed by atoms with Crippen LogP contribution in [-0.4, -0.2) is 35.8 Å². The molecule has 1 fully saturated rings. The van der Waals surface area contributed by atoms with Crippen molar-refractivity contribution in [3.63, 3.8) is 0 Å². The zero-order valence-corrected chi connectivity index (χ0v) is 13.9. The molecule has 2 aromatic rings. The van der Waals surface area contributed by atoms with Gasteiger partial charge in [-0.15, -0.1) is 0 Å². The molecule has 0 bridgehead atoms. The Kier molecular flexibility index (Phi) is 4.94. The van der Waals surface area contributed by atoms with E-state index in [-0.39, 0.29) is 11.8 Å². The second-order valence-corrected chi connectivity index (χ2v) is 6.17. The molecule has 1 aliphatic heterocycles. The number of carbonyl (C=O) groups excluding carboxylic acids is 2. The summed E-state index contributed by atoms with van der Waals surface area (Å²) < 4.78 is 0. The third-order valence-corrected chi connectivity index (χ3v) is 4.37. The third-order valence-electron chi connectivity index (χ3n) is 4.37. The topological polar surface area (TPSA) is 49.4 Å². The summed E-state index contributed by atoms with van der Waals surface area (Å²) in [5, 5.41) is 2.82. The van der Waals surface area contributed by atoms with Crippen LogP contribution in [0.1, 0.15) is 30.1 Å². The van der Waals surface area contributed by atoms with Gasteiger partial charge in [-0.2, -0.15) is 0 Å². The molecule has 0 aliphatic carbocycles. The third kappa shape index (κ3) is 3.65. The van der Waals surface area contributed by atoms with Crippen molar-refractivity contribution in [2.45, 2.75) is 25.8 Å². The Balaban J connectivity index is 1.70. The van der Waals surface area contributed by atoms with Crippen LogP contribution < -0.4 is 5.32 Å². The maximum absolute atomic E-state index is 12.5. The fourth-order valence-corrected chi connectivity index (χ4v) is 3.02. The number of benzene rings is 2. The van der Waals surface area contributed by atoms with E-state index in [0.29, 0.717) is 5.56 Å². The normalized spacial score (nSPS) is 15.1. The van der Waals surface area contributed by atoms with E-state index in [2.05, 4.69) is 5.32 Å². The summed E-state index contributed by atoms with van der Waals surface area (Å²) in [6, 6.07) is 16.9. The average Bonchev–Trinajstić information content (AvgIpc) is 3.16. The molecule has 1 aliphatic rings. The summed E-state index contributed by atoms with van der Waals surface area (Å²) in [6.07, 6.45) is 2.09.